The van der Waals surface area contributed by atoms with Crippen LogP contribution in [0.5, 0.6) is 0 Å². The van der Waals surface area contributed by atoms with Crippen LogP contribution in [-0.4, -0.2) is 68.5 Å². The lowest BCUT2D eigenvalue weighted by molar-refractivity contribution is 0.0136. The van der Waals surface area contributed by atoms with E-state index >= 15 is 0 Å². The number of ether oxygens (including phenoxy) is 1. The van der Waals surface area contributed by atoms with Crippen molar-refractivity contribution in [3.05, 3.63) is 54.1 Å². The zero-order valence-corrected chi connectivity index (χ0v) is 20.1. The molecule has 0 bridgehead atoms. The van der Waals surface area contributed by atoms with E-state index in [2.05, 4.69) is 39.6 Å². The van der Waals surface area contributed by atoms with Gasteiger partial charge in [-0.15, -0.1) is 0 Å². The Hall–Kier alpha value is -3.85. The Morgan fingerprint density at radius 3 is 2.71 bits per heavy atom. The third-order valence-electron chi connectivity index (χ3n) is 6.93. The van der Waals surface area contributed by atoms with Crippen LogP contribution in [0.1, 0.15) is 23.7 Å². The average Bonchev–Trinajstić information content (AvgIpc) is 3.39. The van der Waals surface area contributed by atoms with E-state index in [1.807, 2.05) is 37.4 Å². The molecule has 0 unspecified atom stereocenters. The molecule has 0 spiro atoms. The highest BCUT2D eigenvalue weighted by Gasteiger charge is 2.33. The molecule has 2 aromatic carbocycles. The molecule has 1 saturated heterocycles. The van der Waals surface area contributed by atoms with Gasteiger partial charge in [0.05, 0.1) is 28.9 Å². The van der Waals surface area contributed by atoms with Crippen molar-refractivity contribution in [2.75, 3.05) is 20.2 Å². The molecular weight excluding hydrogens is 446 g/mol. The number of carboxylic acid groups (broad SMARTS) is 1. The largest absolute Gasteiger partial charge is 0.465 e. The van der Waals surface area contributed by atoms with Gasteiger partial charge >= 0.3 is 6.09 Å². The van der Waals surface area contributed by atoms with Gasteiger partial charge in [-0.25, -0.2) is 9.78 Å². The number of imidazole rings is 1. The highest BCUT2D eigenvalue weighted by molar-refractivity contribution is 5.98. The molecule has 0 saturated carbocycles. The zero-order valence-electron chi connectivity index (χ0n) is 20.1. The van der Waals surface area contributed by atoms with E-state index in [1.54, 1.807) is 12.0 Å². The van der Waals surface area contributed by atoms with Crippen LogP contribution < -0.4 is 5.32 Å². The summed E-state index contributed by atoms with van der Waals surface area (Å²) in [6.07, 6.45) is -0.829. The van der Waals surface area contributed by atoms with Gasteiger partial charge in [-0.1, -0.05) is 18.2 Å². The molecule has 0 radical (unpaired) electrons. The number of hydrogen-bond donors (Lipinski definition) is 2. The number of likely N-dealkylation sites (tertiary alicyclic amines) is 1. The molecule has 1 fully saturated rings. The number of para-hydroxylation sites is 1. The average molecular weight is 476 g/mol. The maximum absolute atomic E-state index is 13.3. The Morgan fingerprint density at radius 2 is 1.97 bits per heavy atom. The summed E-state index contributed by atoms with van der Waals surface area (Å²) in [6.45, 7) is 3.69. The summed E-state index contributed by atoms with van der Waals surface area (Å²) in [5.41, 5.74) is 4.41. The van der Waals surface area contributed by atoms with Crippen LogP contribution in [0.4, 0.5) is 4.79 Å². The van der Waals surface area contributed by atoms with Gasteiger partial charge in [0.15, 0.2) is 5.82 Å². The van der Waals surface area contributed by atoms with Gasteiger partial charge in [0.2, 0.25) is 0 Å². The number of carbonyl (C=O) groups is 2. The summed E-state index contributed by atoms with van der Waals surface area (Å²) >= 11 is 0. The molecule has 35 heavy (non-hydrogen) atoms. The van der Waals surface area contributed by atoms with Gasteiger partial charge in [-0.05, 0) is 43.7 Å². The summed E-state index contributed by atoms with van der Waals surface area (Å²) in [7, 11) is 3.55. The van der Waals surface area contributed by atoms with E-state index in [0.29, 0.717) is 18.5 Å². The normalized spacial score (nSPS) is 18.3. The van der Waals surface area contributed by atoms with Crippen LogP contribution >= 0.6 is 0 Å². The van der Waals surface area contributed by atoms with Crippen molar-refractivity contribution in [1.82, 2.24) is 24.3 Å². The third kappa shape index (κ3) is 4.01. The first-order valence-electron chi connectivity index (χ1n) is 11.8. The summed E-state index contributed by atoms with van der Waals surface area (Å²) in [4.78, 5) is 31.1. The quantitative estimate of drug-likeness (QED) is 0.458. The van der Waals surface area contributed by atoms with Crippen LogP contribution in [0.15, 0.2) is 48.5 Å². The predicted molar refractivity (Wildman–Crippen MR) is 134 cm³/mol. The number of nitrogens with one attached hydrogen (secondary N) is 1. The van der Waals surface area contributed by atoms with Gasteiger partial charge in [0.25, 0.3) is 5.91 Å². The maximum atomic E-state index is 13.3. The summed E-state index contributed by atoms with van der Waals surface area (Å²) < 4.78 is 9.72. The number of benzene rings is 2. The highest BCUT2D eigenvalue weighted by Crippen LogP contribution is 2.30. The standard InChI is InChI=1S/C26H29N5O4/c1-4-31-20-8-6-5-7-16(20)14-22(31)24-27-18-13-17(9-10-21(18)29(24)2)25(32)30-12-11-23(35-3)19(15-30)28-26(33)34/h5-10,13-14,19,23,28H,4,11-12,15H2,1-3H3,(H,33,34)/t19-,23+/m1/s1. The molecule has 9 nitrogen and oxygen atoms in total. The van der Waals surface area contributed by atoms with E-state index in [9.17, 15) is 9.59 Å². The van der Waals surface area contributed by atoms with Crippen molar-refractivity contribution in [3.8, 4) is 11.5 Å². The molecule has 2 amide bonds. The summed E-state index contributed by atoms with van der Waals surface area (Å²) in [5, 5.41) is 12.8. The Bertz CT molecular complexity index is 1420. The van der Waals surface area contributed by atoms with Crippen molar-refractivity contribution in [3.63, 3.8) is 0 Å². The van der Waals surface area contributed by atoms with Gasteiger partial charge in [0.1, 0.15) is 0 Å². The Morgan fingerprint density at radius 1 is 1.17 bits per heavy atom. The first-order chi connectivity index (χ1) is 16.9. The van der Waals surface area contributed by atoms with E-state index in [-0.39, 0.29) is 18.6 Å². The second-order valence-electron chi connectivity index (χ2n) is 8.90. The van der Waals surface area contributed by atoms with Crippen molar-refractivity contribution >= 4 is 33.9 Å². The smallest absolute Gasteiger partial charge is 0.405 e. The predicted octanol–water partition coefficient (Wildman–Crippen LogP) is 3.71. The summed E-state index contributed by atoms with van der Waals surface area (Å²) in [6, 6.07) is 15.5. The number of carbonyl (C=O) groups excluding carboxylic acids is 1. The fourth-order valence-corrected chi connectivity index (χ4v) is 5.18. The second kappa shape index (κ2) is 9.07. The number of hydrogen-bond acceptors (Lipinski definition) is 4. The van der Waals surface area contributed by atoms with Crippen LogP contribution in [0.25, 0.3) is 33.5 Å². The lowest BCUT2D eigenvalue weighted by Gasteiger charge is -2.37. The molecule has 0 aliphatic carbocycles. The number of nitrogens with zero attached hydrogens (tertiary/aromatic N) is 4. The molecule has 2 N–H and O–H groups in total. The fourth-order valence-electron chi connectivity index (χ4n) is 5.18. The van der Waals surface area contributed by atoms with Crippen LogP contribution in [0.3, 0.4) is 0 Å². The molecular formula is C26H29N5O4. The monoisotopic (exact) mass is 475 g/mol. The van der Waals surface area contributed by atoms with Crippen molar-refractivity contribution in [2.45, 2.75) is 32.0 Å². The van der Waals surface area contributed by atoms with Gasteiger partial charge in [0, 0.05) is 50.3 Å². The van der Waals surface area contributed by atoms with E-state index in [0.717, 1.165) is 40.0 Å². The van der Waals surface area contributed by atoms with Gasteiger partial charge in [-0.3, -0.25) is 4.79 Å². The van der Waals surface area contributed by atoms with Crippen LogP contribution in [-0.2, 0) is 18.3 Å². The van der Waals surface area contributed by atoms with Crippen LogP contribution in [0, 0.1) is 0 Å². The number of fused-ring (bicyclic) bond motifs is 2. The van der Waals surface area contributed by atoms with Crippen molar-refractivity contribution < 1.29 is 19.4 Å². The Kier molecular flexibility index (Phi) is 5.94. The molecule has 2 atom stereocenters. The number of amides is 2. The molecule has 1 aliphatic rings. The summed E-state index contributed by atoms with van der Waals surface area (Å²) in [5.74, 6) is 0.697. The number of piperidine rings is 1. The minimum atomic E-state index is -1.13. The van der Waals surface area contributed by atoms with Crippen molar-refractivity contribution in [1.29, 1.82) is 0 Å². The lowest BCUT2D eigenvalue weighted by atomic mass is 10.0. The van der Waals surface area contributed by atoms with Gasteiger partial charge in [-0.2, -0.15) is 0 Å². The zero-order chi connectivity index (χ0) is 24.7. The van der Waals surface area contributed by atoms with Crippen LogP contribution in [0.2, 0.25) is 0 Å². The maximum Gasteiger partial charge on any atom is 0.405 e. The third-order valence-corrected chi connectivity index (χ3v) is 6.93. The lowest BCUT2D eigenvalue weighted by Crippen LogP contribution is -2.56. The molecule has 9 heteroatoms. The Labute approximate surface area is 202 Å². The molecule has 3 heterocycles. The minimum absolute atomic E-state index is 0.145. The molecule has 182 valence electrons. The van der Waals surface area contributed by atoms with E-state index in [4.69, 9.17) is 14.8 Å². The second-order valence-corrected chi connectivity index (χ2v) is 8.90. The number of methoxy groups -OCH3 is 1. The highest BCUT2D eigenvalue weighted by atomic mass is 16.5. The number of aryl methyl sites for hydroxylation is 2. The number of rotatable bonds is 5. The molecule has 5 rings (SSSR count). The fraction of sp³-hybridized carbons (Fsp3) is 0.346. The minimum Gasteiger partial charge on any atom is -0.465 e. The Balaban J connectivity index is 1.47. The van der Waals surface area contributed by atoms with Gasteiger partial charge < -0.3 is 29.2 Å². The van der Waals surface area contributed by atoms with E-state index in [1.165, 1.54) is 0 Å². The molecule has 2 aromatic heterocycles. The molecule has 4 aromatic rings. The van der Waals surface area contributed by atoms with E-state index < -0.39 is 12.1 Å². The first kappa shape index (κ1) is 22.9. The first-order valence-corrected chi connectivity index (χ1v) is 11.8. The number of aromatic nitrogens is 3. The topological polar surface area (TPSA) is 102 Å². The molecule has 1 aliphatic heterocycles. The SMILES string of the molecule is CCn1c(-c2nc3cc(C(=O)N4CC[C@H](OC)[C@H](NC(=O)O)C4)ccc3n2C)cc2ccccc21. The van der Waals surface area contributed by atoms with Crippen molar-refractivity contribution in [2.24, 2.45) is 7.05 Å².